The summed E-state index contributed by atoms with van der Waals surface area (Å²) < 4.78 is 7.52. The van der Waals surface area contributed by atoms with Crippen molar-refractivity contribution in [2.24, 2.45) is 5.92 Å². The van der Waals surface area contributed by atoms with Gasteiger partial charge in [0.25, 0.3) is 0 Å². The summed E-state index contributed by atoms with van der Waals surface area (Å²) in [6, 6.07) is 21.4. The summed E-state index contributed by atoms with van der Waals surface area (Å²) >= 11 is 0. The molecule has 0 spiro atoms. The van der Waals surface area contributed by atoms with E-state index < -0.39 is 17.9 Å². The van der Waals surface area contributed by atoms with Gasteiger partial charge in [0.05, 0.1) is 23.7 Å². The van der Waals surface area contributed by atoms with E-state index >= 15 is 0 Å². The van der Waals surface area contributed by atoms with E-state index in [9.17, 15) is 9.59 Å². The number of rotatable bonds is 6. The molecule has 1 aliphatic heterocycles. The Morgan fingerprint density at radius 3 is 2.58 bits per heavy atom. The van der Waals surface area contributed by atoms with Crippen molar-refractivity contribution in [2.75, 3.05) is 18.1 Å². The average Bonchev–Trinajstić information content (AvgIpc) is 3.22. The fourth-order valence-electron chi connectivity index (χ4n) is 4.86. The Hall–Kier alpha value is -3.67. The lowest BCUT2D eigenvalue weighted by molar-refractivity contribution is -0.153. The molecule has 0 N–H and O–H groups in total. The summed E-state index contributed by atoms with van der Waals surface area (Å²) in [5.74, 6) is -1.14. The van der Waals surface area contributed by atoms with Gasteiger partial charge >= 0.3 is 5.97 Å². The van der Waals surface area contributed by atoms with Gasteiger partial charge in [-0.05, 0) is 41.8 Å². The molecule has 1 aliphatic rings. The van der Waals surface area contributed by atoms with E-state index in [0.717, 1.165) is 40.2 Å². The molecule has 0 aliphatic carbocycles. The summed E-state index contributed by atoms with van der Waals surface area (Å²) in [7, 11) is 0. The van der Waals surface area contributed by atoms with E-state index in [0.29, 0.717) is 12.5 Å². The maximum absolute atomic E-state index is 13.9. The molecule has 1 amide bonds. The SMILES string of the molecule is CCCCN1C(=O)[C@@H](C(=O)OCC)[C@H](c2cccc3ccccc23)n2c1nc1ccccc12. The van der Waals surface area contributed by atoms with Gasteiger partial charge in [-0.3, -0.25) is 14.5 Å². The predicted octanol–water partition coefficient (Wildman–Crippen LogP) is 5.10. The molecule has 3 aromatic carbocycles. The van der Waals surface area contributed by atoms with Gasteiger partial charge in [-0.2, -0.15) is 0 Å². The van der Waals surface area contributed by atoms with E-state index in [1.807, 2.05) is 66.7 Å². The summed E-state index contributed by atoms with van der Waals surface area (Å²) in [5.41, 5.74) is 2.62. The molecule has 0 bridgehead atoms. The molecule has 168 valence electrons. The van der Waals surface area contributed by atoms with Crippen LogP contribution < -0.4 is 4.90 Å². The topological polar surface area (TPSA) is 64.4 Å². The summed E-state index contributed by atoms with van der Waals surface area (Å²) in [4.78, 5) is 33.7. The quantitative estimate of drug-likeness (QED) is 0.308. The molecule has 33 heavy (non-hydrogen) atoms. The molecule has 0 saturated heterocycles. The number of ether oxygens (including phenoxy) is 1. The van der Waals surface area contributed by atoms with Gasteiger partial charge in [-0.25, -0.2) is 4.98 Å². The zero-order valence-electron chi connectivity index (χ0n) is 18.9. The second-order valence-electron chi connectivity index (χ2n) is 8.36. The standard InChI is InChI=1S/C27H27N3O3/c1-3-5-17-29-25(31)23(26(32)33-4-2)24(20-14-10-12-18-11-6-7-13-19(18)20)30-22-16-9-8-15-21(22)28-27(29)30/h6-16,23-24H,3-5,17H2,1-2H3/t23-,24-/m0/s1. The normalized spacial score (nSPS) is 18.0. The van der Waals surface area contributed by atoms with Crippen LogP contribution >= 0.6 is 0 Å². The van der Waals surface area contributed by atoms with E-state index in [1.54, 1.807) is 11.8 Å². The van der Waals surface area contributed by atoms with E-state index in [4.69, 9.17) is 9.72 Å². The summed E-state index contributed by atoms with van der Waals surface area (Å²) in [5, 5.41) is 2.07. The van der Waals surface area contributed by atoms with Crippen LogP contribution in [-0.2, 0) is 14.3 Å². The number of nitrogens with zero attached hydrogens (tertiary/aromatic N) is 3. The van der Waals surface area contributed by atoms with Crippen LogP contribution in [0.3, 0.4) is 0 Å². The largest absolute Gasteiger partial charge is 0.465 e. The number of hydrogen-bond donors (Lipinski definition) is 0. The van der Waals surface area contributed by atoms with Crippen LogP contribution in [0.5, 0.6) is 0 Å². The Morgan fingerprint density at radius 2 is 1.76 bits per heavy atom. The summed E-state index contributed by atoms with van der Waals surface area (Å²) in [6.07, 6.45) is 1.75. The Labute approximate surface area is 192 Å². The van der Waals surface area contributed by atoms with E-state index in [1.165, 1.54) is 0 Å². The lowest BCUT2D eigenvalue weighted by Crippen LogP contribution is -2.50. The monoisotopic (exact) mass is 441 g/mol. The highest BCUT2D eigenvalue weighted by Crippen LogP contribution is 2.43. The number of amides is 1. The van der Waals surface area contributed by atoms with Gasteiger partial charge in [0.2, 0.25) is 11.9 Å². The first-order valence-corrected chi connectivity index (χ1v) is 11.6. The van der Waals surface area contributed by atoms with Crippen LogP contribution in [0.25, 0.3) is 21.8 Å². The zero-order chi connectivity index (χ0) is 22.9. The number of esters is 1. The number of aromatic nitrogens is 2. The molecule has 6 heteroatoms. The van der Waals surface area contributed by atoms with Crippen molar-refractivity contribution in [2.45, 2.75) is 32.7 Å². The minimum absolute atomic E-state index is 0.220. The van der Waals surface area contributed by atoms with Gasteiger partial charge in [0, 0.05) is 6.54 Å². The molecule has 0 saturated carbocycles. The maximum Gasteiger partial charge on any atom is 0.321 e. The summed E-state index contributed by atoms with van der Waals surface area (Å²) in [6.45, 7) is 4.58. The molecular formula is C27H27N3O3. The zero-order valence-corrected chi connectivity index (χ0v) is 18.9. The Morgan fingerprint density at radius 1 is 1.00 bits per heavy atom. The van der Waals surface area contributed by atoms with Crippen LogP contribution in [0.1, 0.15) is 38.3 Å². The number of imidazole rings is 1. The highest BCUT2D eigenvalue weighted by Gasteiger charge is 2.48. The molecular weight excluding hydrogens is 414 g/mol. The second-order valence-corrected chi connectivity index (χ2v) is 8.36. The average molecular weight is 442 g/mol. The second kappa shape index (κ2) is 8.70. The van der Waals surface area contributed by atoms with E-state index in [2.05, 4.69) is 11.5 Å². The minimum atomic E-state index is -0.988. The highest BCUT2D eigenvalue weighted by atomic mass is 16.5. The van der Waals surface area contributed by atoms with Crippen molar-refractivity contribution < 1.29 is 14.3 Å². The smallest absolute Gasteiger partial charge is 0.321 e. The number of anilines is 1. The van der Waals surface area contributed by atoms with Crippen LogP contribution in [0.2, 0.25) is 0 Å². The number of hydrogen-bond acceptors (Lipinski definition) is 4. The number of para-hydroxylation sites is 2. The van der Waals surface area contributed by atoms with Gasteiger partial charge in [-0.15, -0.1) is 0 Å². The lowest BCUT2D eigenvalue weighted by Gasteiger charge is -2.38. The lowest BCUT2D eigenvalue weighted by atomic mass is 9.86. The van der Waals surface area contributed by atoms with Crippen molar-refractivity contribution in [3.05, 3.63) is 72.3 Å². The van der Waals surface area contributed by atoms with Gasteiger partial charge in [0.1, 0.15) is 0 Å². The van der Waals surface area contributed by atoms with Crippen molar-refractivity contribution in [1.29, 1.82) is 0 Å². The highest BCUT2D eigenvalue weighted by molar-refractivity contribution is 6.09. The molecule has 2 heterocycles. The number of benzene rings is 3. The van der Waals surface area contributed by atoms with Gasteiger partial charge < -0.3 is 9.30 Å². The van der Waals surface area contributed by atoms with Crippen LogP contribution in [0, 0.1) is 5.92 Å². The molecule has 0 fully saturated rings. The third kappa shape index (κ3) is 3.46. The first-order chi connectivity index (χ1) is 16.2. The molecule has 0 unspecified atom stereocenters. The number of carbonyl (C=O) groups is 2. The first kappa shape index (κ1) is 21.2. The molecule has 6 nitrogen and oxygen atoms in total. The number of unbranched alkanes of at least 4 members (excludes halogenated alkanes) is 1. The van der Waals surface area contributed by atoms with Gasteiger partial charge in [0.15, 0.2) is 5.92 Å². The molecule has 0 radical (unpaired) electrons. The van der Waals surface area contributed by atoms with Crippen molar-refractivity contribution in [3.63, 3.8) is 0 Å². The molecule has 5 rings (SSSR count). The van der Waals surface area contributed by atoms with Crippen molar-refractivity contribution in [1.82, 2.24) is 9.55 Å². The fourth-order valence-corrected chi connectivity index (χ4v) is 4.86. The Bertz CT molecular complexity index is 1340. The van der Waals surface area contributed by atoms with Crippen molar-refractivity contribution in [3.8, 4) is 0 Å². The Balaban J connectivity index is 1.82. The maximum atomic E-state index is 13.9. The molecule has 1 aromatic heterocycles. The van der Waals surface area contributed by atoms with Gasteiger partial charge in [-0.1, -0.05) is 67.9 Å². The first-order valence-electron chi connectivity index (χ1n) is 11.6. The fraction of sp³-hybridized carbons (Fsp3) is 0.296. The molecule has 2 atom stereocenters. The van der Waals surface area contributed by atoms with Crippen LogP contribution in [-0.4, -0.2) is 34.6 Å². The van der Waals surface area contributed by atoms with Crippen LogP contribution in [0.15, 0.2) is 66.7 Å². The number of fused-ring (bicyclic) bond motifs is 4. The third-order valence-corrected chi connectivity index (χ3v) is 6.36. The third-order valence-electron chi connectivity index (χ3n) is 6.36. The Kier molecular flexibility index (Phi) is 5.58. The van der Waals surface area contributed by atoms with Crippen molar-refractivity contribution >= 4 is 39.6 Å². The minimum Gasteiger partial charge on any atom is -0.465 e. The molecule has 4 aromatic rings. The predicted molar refractivity (Wildman–Crippen MR) is 129 cm³/mol. The number of carbonyl (C=O) groups excluding carboxylic acids is 2. The van der Waals surface area contributed by atoms with E-state index in [-0.39, 0.29) is 12.5 Å². The van der Waals surface area contributed by atoms with Crippen LogP contribution in [0.4, 0.5) is 5.95 Å².